The molecule has 0 fully saturated rings. The van der Waals surface area contributed by atoms with Gasteiger partial charge in [0.15, 0.2) is 0 Å². The molecule has 0 aromatic heterocycles. The molecule has 28 heavy (non-hydrogen) atoms. The minimum Gasteiger partial charge on any atom is -0.497 e. The predicted molar refractivity (Wildman–Crippen MR) is 114 cm³/mol. The topological polar surface area (TPSA) is 102 Å². The zero-order valence-corrected chi connectivity index (χ0v) is 19.1. The van der Waals surface area contributed by atoms with Gasteiger partial charge in [-0.15, -0.1) is 12.4 Å². The lowest BCUT2D eigenvalue weighted by Crippen LogP contribution is -2.50. The monoisotopic (exact) mass is 435 g/mol. The van der Waals surface area contributed by atoms with Gasteiger partial charge in [0.05, 0.1) is 12.0 Å². The van der Waals surface area contributed by atoms with Gasteiger partial charge in [-0.1, -0.05) is 27.7 Å². The second-order valence-corrected chi connectivity index (χ2v) is 9.19. The van der Waals surface area contributed by atoms with Crippen LogP contribution in [0.3, 0.4) is 0 Å². The van der Waals surface area contributed by atoms with Gasteiger partial charge in [-0.3, -0.25) is 4.79 Å². The van der Waals surface area contributed by atoms with Crippen LogP contribution in [0.25, 0.3) is 0 Å². The lowest BCUT2D eigenvalue weighted by atomic mass is 10.0. The summed E-state index contributed by atoms with van der Waals surface area (Å²) in [6, 6.07) is 5.19. The fourth-order valence-electron chi connectivity index (χ4n) is 2.49. The van der Waals surface area contributed by atoms with Crippen LogP contribution in [-0.4, -0.2) is 52.0 Å². The average Bonchev–Trinajstić information content (AvgIpc) is 2.62. The second-order valence-electron chi connectivity index (χ2n) is 7.47. The normalized spacial score (nSPS) is 13.8. The van der Waals surface area contributed by atoms with Gasteiger partial charge in [0.2, 0.25) is 15.9 Å². The highest BCUT2D eigenvalue weighted by Gasteiger charge is 2.30. The minimum absolute atomic E-state index is 0. The van der Waals surface area contributed by atoms with Crippen molar-refractivity contribution in [2.24, 2.45) is 17.6 Å². The number of nitrogens with one attached hydrogen (secondary N) is 1. The van der Waals surface area contributed by atoms with E-state index < -0.39 is 16.1 Å². The molecule has 1 aromatic rings. The molecule has 0 radical (unpaired) electrons. The number of likely N-dealkylation sites (N-methyl/N-ethyl adjacent to an activating group) is 1. The van der Waals surface area contributed by atoms with E-state index in [9.17, 15) is 13.2 Å². The summed E-state index contributed by atoms with van der Waals surface area (Å²) in [5.41, 5.74) is 6.04. The number of carbonyl (C=O) groups is 1. The molecule has 9 heteroatoms. The summed E-state index contributed by atoms with van der Waals surface area (Å²) < 4.78 is 33.0. The quantitative estimate of drug-likeness (QED) is 0.586. The Labute approximate surface area is 175 Å². The Balaban J connectivity index is 0.00000729. The molecule has 0 aliphatic carbocycles. The molecule has 0 aliphatic heterocycles. The maximum Gasteiger partial charge on any atom is 0.241 e. The standard InChI is InChI=1S/C19H33N3O4S.ClH/c1-13(2)17(20)11-12-22(5)19(23)18(14(3)4)21-27(24,25)16-9-7-15(26-6)8-10-16;/h7-10,13-14,17-18,21H,11-12,20H2,1-6H3;1H. The Morgan fingerprint density at radius 3 is 2.11 bits per heavy atom. The van der Waals surface area contributed by atoms with Crippen LogP contribution in [0.5, 0.6) is 5.75 Å². The van der Waals surface area contributed by atoms with Crippen molar-refractivity contribution in [3.05, 3.63) is 24.3 Å². The molecule has 0 saturated heterocycles. The zero-order valence-electron chi connectivity index (χ0n) is 17.5. The molecule has 0 spiro atoms. The smallest absolute Gasteiger partial charge is 0.241 e. The summed E-state index contributed by atoms with van der Waals surface area (Å²) in [6.07, 6.45) is 0.663. The molecule has 1 rings (SSSR count). The van der Waals surface area contributed by atoms with E-state index in [2.05, 4.69) is 4.72 Å². The number of rotatable bonds is 10. The number of benzene rings is 1. The largest absolute Gasteiger partial charge is 0.497 e. The van der Waals surface area contributed by atoms with E-state index in [1.54, 1.807) is 24.1 Å². The van der Waals surface area contributed by atoms with E-state index in [1.165, 1.54) is 19.2 Å². The van der Waals surface area contributed by atoms with Crippen LogP contribution in [0, 0.1) is 11.8 Å². The lowest BCUT2D eigenvalue weighted by molar-refractivity contribution is -0.132. The lowest BCUT2D eigenvalue weighted by Gasteiger charge is -2.28. The summed E-state index contributed by atoms with van der Waals surface area (Å²) in [5, 5.41) is 0. The van der Waals surface area contributed by atoms with Crippen molar-refractivity contribution in [2.45, 2.75) is 51.1 Å². The Kier molecular flexibility index (Phi) is 11.0. The van der Waals surface area contributed by atoms with Crippen LogP contribution in [0.2, 0.25) is 0 Å². The molecule has 7 nitrogen and oxygen atoms in total. The van der Waals surface area contributed by atoms with Crippen molar-refractivity contribution in [2.75, 3.05) is 20.7 Å². The van der Waals surface area contributed by atoms with Crippen LogP contribution in [0.1, 0.15) is 34.1 Å². The fraction of sp³-hybridized carbons (Fsp3) is 0.632. The summed E-state index contributed by atoms with van der Waals surface area (Å²) in [7, 11) is -0.647. The summed E-state index contributed by atoms with van der Waals surface area (Å²) >= 11 is 0. The Morgan fingerprint density at radius 2 is 1.68 bits per heavy atom. The van der Waals surface area contributed by atoms with Crippen molar-refractivity contribution in [3.8, 4) is 5.75 Å². The van der Waals surface area contributed by atoms with E-state index in [4.69, 9.17) is 10.5 Å². The molecule has 2 unspecified atom stereocenters. The van der Waals surface area contributed by atoms with E-state index >= 15 is 0 Å². The van der Waals surface area contributed by atoms with Crippen molar-refractivity contribution < 1.29 is 17.9 Å². The summed E-state index contributed by atoms with van der Waals surface area (Å²) in [4.78, 5) is 14.4. The highest BCUT2D eigenvalue weighted by atomic mass is 35.5. The fourth-order valence-corrected chi connectivity index (χ4v) is 3.82. The van der Waals surface area contributed by atoms with Gasteiger partial charge in [-0.05, 0) is 42.5 Å². The third-order valence-electron chi connectivity index (χ3n) is 4.61. The number of hydrogen-bond donors (Lipinski definition) is 2. The van der Waals surface area contributed by atoms with Crippen molar-refractivity contribution in [3.63, 3.8) is 0 Å². The van der Waals surface area contributed by atoms with Gasteiger partial charge < -0.3 is 15.4 Å². The number of carbonyl (C=O) groups excluding carboxylic acids is 1. The van der Waals surface area contributed by atoms with Gasteiger partial charge >= 0.3 is 0 Å². The number of nitrogens with zero attached hydrogens (tertiary/aromatic N) is 1. The number of hydrogen-bond acceptors (Lipinski definition) is 5. The first-order chi connectivity index (χ1) is 12.5. The Morgan fingerprint density at radius 1 is 1.14 bits per heavy atom. The maximum absolute atomic E-state index is 12.8. The molecule has 0 bridgehead atoms. The first kappa shape index (κ1) is 26.6. The van der Waals surface area contributed by atoms with Crippen LogP contribution < -0.4 is 15.2 Å². The molecule has 1 amide bonds. The number of halogens is 1. The van der Waals surface area contributed by atoms with E-state index in [1.807, 2.05) is 27.7 Å². The van der Waals surface area contributed by atoms with Crippen LogP contribution >= 0.6 is 12.4 Å². The van der Waals surface area contributed by atoms with Gasteiger partial charge in [0.25, 0.3) is 0 Å². The van der Waals surface area contributed by atoms with Crippen molar-refractivity contribution >= 4 is 28.3 Å². The molecular formula is C19H34ClN3O4S. The molecule has 2 atom stereocenters. The van der Waals surface area contributed by atoms with Crippen molar-refractivity contribution in [1.82, 2.24) is 9.62 Å². The summed E-state index contributed by atoms with van der Waals surface area (Å²) in [5.74, 6) is 0.416. The van der Waals surface area contributed by atoms with Gasteiger partial charge in [-0.2, -0.15) is 4.72 Å². The van der Waals surface area contributed by atoms with Crippen LogP contribution in [-0.2, 0) is 14.8 Å². The second kappa shape index (κ2) is 11.6. The van der Waals surface area contributed by atoms with Gasteiger partial charge in [0, 0.05) is 19.6 Å². The first-order valence-electron chi connectivity index (χ1n) is 9.16. The molecule has 162 valence electrons. The maximum atomic E-state index is 12.8. The number of methoxy groups -OCH3 is 1. The molecule has 3 N–H and O–H groups in total. The molecule has 0 aliphatic rings. The SMILES string of the molecule is COc1ccc(S(=O)(=O)NC(C(=O)N(C)CCC(N)C(C)C)C(C)C)cc1.Cl. The third-order valence-corrected chi connectivity index (χ3v) is 6.07. The van der Waals surface area contributed by atoms with E-state index in [-0.39, 0.29) is 35.2 Å². The molecular weight excluding hydrogens is 402 g/mol. The highest BCUT2D eigenvalue weighted by molar-refractivity contribution is 7.89. The number of amides is 1. The minimum atomic E-state index is -3.83. The van der Waals surface area contributed by atoms with Gasteiger partial charge in [0.1, 0.15) is 11.8 Å². The Hall–Kier alpha value is -1.35. The average molecular weight is 436 g/mol. The zero-order chi connectivity index (χ0) is 20.8. The van der Waals surface area contributed by atoms with Gasteiger partial charge in [-0.25, -0.2) is 8.42 Å². The highest BCUT2D eigenvalue weighted by Crippen LogP contribution is 2.17. The molecule has 0 saturated carbocycles. The number of sulfonamides is 1. The van der Waals surface area contributed by atoms with E-state index in [0.717, 1.165) is 0 Å². The first-order valence-corrected chi connectivity index (χ1v) is 10.6. The molecule has 1 aromatic carbocycles. The number of nitrogens with two attached hydrogens (primary N) is 1. The van der Waals surface area contributed by atoms with Crippen LogP contribution in [0.15, 0.2) is 29.2 Å². The summed E-state index contributed by atoms with van der Waals surface area (Å²) in [6.45, 7) is 8.17. The van der Waals surface area contributed by atoms with Crippen LogP contribution in [0.4, 0.5) is 0 Å². The van der Waals surface area contributed by atoms with Crippen molar-refractivity contribution in [1.29, 1.82) is 0 Å². The molecule has 0 heterocycles. The third kappa shape index (κ3) is 7.58. The van der Waals surface area contributed by atoms with E-state index in [0.29, 0.717) is 24.6 Å². The Bertz CT molecular complexity index is 708. The predicted octanol–water partition coefficient (Wildman–Crippen LogP) is 2.25. The number of ether oxygens (including phenoxy) is 1.